The van der Waals surface area contributed by atoms with E-state index < -0.39 is 22.6 Å². The van der Waals surface area contributed by atoms with Crippen molar-refractivity contribution in [2.75, 3.05) is 0 Å². The van der Waals surface area contributed by atoms with Crippen molar-refractivity contribution in [3.05, 3.63) is 29.8 Å². The summed E-state index contributed by atoms with van der Waals surface area (Å²) in [6.45, 7) is 1.90. The van der Waals surface area contributed by atoms with E-state index in [1.54, 1.807) is 24.3 Å². The third-order valence-electron chi connectivity index (χ3n) is 3.13. The van der Waals surface area contributed by atoms with Gasteiger partial charge in [-0.15, -0.1) is 0 Å². The second-order valence-corrected chi connectivity index (χ2v) is 5.97. The largest absolute Gasteiger partial charge is 0.449 e. The van der Waals surface area contributed by atoms with Gasteiger partial charge in [-0.2, -0.15) is 8.42 Å². The molecule has 0 amide bonds. The van der Waals surface area contributed by atoms with Gasteiger partial charge >= 0.3 is 10.4 Å². The number of aliphatic hydroxyl groups excluding tert-OH is 1. The van der Waals surface area contributed by atoms with Gasteiger partial charge in [0.15, 0.2) is 0 Å². The molecule has 1 aliphatic carbocycles. The van der Waals surface area contributed by atoms with E-state index in [1.165, 1.54) is 0 Å². The van der Waals surface area contributed by atoms with Crippen LogP contribution in [0.1, 0.15) is 31.2 Å². The summed E-state index contributed by atoms with van der Waals surface area (Å²) >= 11 is 0. The predicted molar refractivity (Wildman–Crippen MR) is 70.1 cm³/mol. The molecule has 1 aromatic carbocycles. The molecule has 2 unspecified atom stereocenters. The van der Waals surface area contributed by atoms with Gasteiger partial charge < -0.3 is 9.29 Å². The number of hydrogen-bond donors (Lipinski definition) is 1. The minimum absolute atomic E-state index is 0.205. The third kappa shape index (κ3) is 4.19. The molecule has 0 aliphatic heterocycles. The Morgan fingerprint density at radius 1 is 1.16 bits per heavy atom. The Hall–Kier alpha value is -1.11. The summed E-state index contributed by atoms with van der Waals surface area (Å²) in [4.78, 5) is 0. The Balaban J connectivity index is 2.00. The van der Waals surface area contributed by atoms with Crippen molar-refractivity contribution in [1.82, 2.24) is 0 Å². The number of aliphatic hydroxyl groups is 1. The lowest BCUT2D eigenvalue weighted by molar-refractivity contribution is 0.00530. The standard InChI is InChI=1S/C13H18O5S/c1-10-6-8-11(9-7-10)17-19(15,16)18-13-5-3-2-4-12(13)14/h6-9,12-14H,2-5H2,1H3. The molecule has 1 aromatic rings. The SMILES string of the molecule is Cc1ccc(OS(=O)(=O)OC2CCCCC2O)cc1. The number of rotatable bonds is 4. The maximum atomic E-state index is 11.7. The van der Waals surface area contributed by atoms with Crippen LogP contribution in [0.15, 0.2) is 24.3 Å². The van der Waals surface area contributed by atoms with E-state index in [0.717, 1.165) is 18.4 Å². The topological polar surface area (TPSA) is 72.8 Å². The fourth-order valence-electron chi connectivity index (χ4n) is 2.07. The van der Waals surface area contributed by atoms with Gasteiger partial charge in [0.1, 0.15) is 11.9 Å². The van der Waals surface area contributed by atoms with Crippen LogP contribution >= 0.6 is 0 Å². The van der Waals surface area contributed by atoms with E-state index in [-0.39, 0.29) is 5.75 Å². The first-order valence-electron chi connectivity index (χ1n) is 6.34. The van der Waals surface area contributed by atoms with Crippen LogP contribution in [0.5, 0.6) is 5.75 Å². The average Bonchev–Trinajstić information content (AvgIpc) is 2.35. The highest BCUT2D eigenvalue weighted by Gasteiger charge is 2.29. The fourth-order valence-corrected chi connectivity index (χ4v) is 2.99. The molecule has 0 radical (unpaired) electrons. The van der Waals surface area contributed by atoms with E-state index in [9.17, 15) is 13.5 Å². The van der Waals surface area contributed by atoms with Crippen LogP contribution in [0.2, 0.25) is 0 Å². The molecule has 0 heterocycles. The van der Waals surface area contributed by atoms with E-state index in [0.29, 0.717) is 12.8 Å². The first-order chi connectivity index (χ1) is 8.96. The van der Waals surface area contributed by atoms with Gasteiger partial charge in [-0.1, -0.05) is 30.5 Å². The summed E-state index contributed by atoms with van der Waals surface area (Å²) in [5.74, 6) is 0.205. The van der Waals surface area contributed by atoms with Crippen molar-refractivity contribution in [3.63, 3.8) is 0 Å². The van der Waals surface area contributed by atoms with Crippen LogP contribution in [0.3, 0.4) is 0 Å². The van der Waals surface area contributed by atoms with Crippen molar-refractivity contribution in [2.45, 2.75) is 44.8 Å². The van der Waals surface area contributed by atoms with Crippen molar-refractivity contribution in [3.8, 4) is 5.75 Å². The quantitative estimate of drug-likeness (QED) is 0.915. The Morgan fingerprint density at radius 3 is 2.42 bits per heavy atom. The summed E-state index contributed by atoms with van der Waals surface area (Å²) in [7, 11) is -4.14. The molecule has 2 atom stereocenters. The molecule has 0 bridgehead atoms. The van der Waals surface area contributed by atoms with Crippen LogP contribution in [0, 0.1) is 6.92 Å². The number of hydrogen-bond acceptors (Lipinski definition) is 5. The second kappa shape index (κ2) is 5.90. The first-order valence-corrected chi connectivity index (χ1v) is 7.67. The molecule has 5 nitrogen and oxygen atoms in total. The molecule has 6 heteroatoms. The minimum Gasteiger partial charge on any atom is -0.390 e. The maximum Gasteiger partial charge on any atom is 0.449 e. The molecule has 2 rings (SSSR count). The van der Waals surface area contributed by atoms with Gasteiger partial charge in [-0.05, 0) is 31.9 Å². The van der Waals surface area contributed by atoms with Gasteiger partial charge in [0.2, 0.25) is 0 Å². The summed E-state index contributed by atoms with van der Waals surface area (Å²) in [6.07, 6.45) is 1.37. The van der Waals surface area contributed by atoms with Crippen LogP contribution in [-0.2, 0) is 14.6 Å². The molecule has 0 aromatic heterocycles. The highest BCUT2D eigenvalue weighted by Crippen LogP contribution is 2.24. The minimum atomic E-state index is -4.14. The molecule has 1 saturated carbocycles. The zero-order valence-electron chi connectivity index (χ0n) is 10.8. The summed E-state index contributed by atoms with van der Waals surface area (Å²) in [6, 6.07) is 6.63. The Morgan fingerprint density at radius 2 is 1.79 bits per heavy atom. The van der Waals surface area contributed by atoms with Gasteiger partial charge in [0.05, 0.1) is 6.10 Å². The van der Waals surface area contributed by atoms with Crippen molar-refractivity contribution < 1.29 is 21.9 Å². The lowest BCUT2D eigenvalue weighted by Crippen LogP contribution is -2.35. The molecule has 0 saturated heterocycles. The normalized spacial score (nSPS) is 24.1. The Labute approximate surface area is 113 Å². The summed E-state index contributed by atoms with van der Waals surface area (Å²) in [5.41, 5.74) is 1.01. The zero-order valence-corrected chi connectivity index (χ0v) is 11.6. The van der Waals surface area contributed by atoms with Gasteiger partial charge in [0, 0.05) is 0 Å². The lowest BCUT2D eigenvalue weighted by atomic mass is 9.95. The molecule has 1 fully saturated rings. The number of aryl methyl sites for hydroxylation is 1. The smallest absolute Gasteiger partial charge is 0.390 e. The van der Waals surface area contributed by atoms with Crippen molar-refractivity contribution >= 4 is 10.4 Å². The third-order valence-corrected chi connectivity index (χ3v) is 4.01. The van der Waals surface area contributed by atoms with Crippen LogP contribution in [-0.4, -0.2) is 25.7 Å². The molecule has 0 spiro atoms. The predicted octanol–water partition coefficient (Wildman–Crippen LogP) is 1.94. The van der Waals surface area contributed by atoms with Gasteiger partial charge in [-0.25, -0.2) is 4.18 Å². The van der Waals surface area contributed by atoms with Gasteiger partial charge in [-0.3, -0.25) is 0 Å². The van der Waals surface area contributed by atoms with E-state index in [1.807, 2.05) is 6.92 Å². The molecule has 106 valence electrons. The molecule has 1 N–H and O–H groups in total. The molecular weight excluding hydrogens is 268 g/mol. The first kappa shape index (κ1) is 14.3. The monoisotopic (exact) mass is 286 g/mol. The highest BCUT2D eigenvalue weighted by molar-refractivity contribution is 7.82. The van der Waals surface area contributed by atoms with E-state index >= 15 is 0 Å². The Kier molecular flexibility index (Phi) is 4.44. The zero-order chi connectivity index (χ0) is 13.9. The van der Waals surface area contributed by atoms with Crippen LogP contribution in [0.4, 0.5) is 0 Å². The van der Waals surface area contributed by atoms with E-state index in [4.69, 9.17) is 8.37 Å². The fraction of sp³-hybridized carbons (Fsp3) is 0.538. The average molecular weight is 286 g/mol. The summed E-state index contributed by atoms with van der Waals surface area (Å²) in [5, 5.41) is 9.69. The second-order valence-electron chi connectivity index (χ2n) is 4.79. The Bertz CT molecular complexity index is 508. The van der Waals surface area contributed by atoms with E-state index in [2.05, 4.69) is 0 Å². The highest BCUT2D eigenvalue weighted by atomic mass is 32.3. The number of benzene rings is 1. The lowest BCUT2D eigenvalue weighted by Gasteiger charge is -2.26. The van der Waals surface area contributed by atoms with Gasteiger partial charge in [0.25, 0.3) is 0 Å². The molecular formula is C13H18O5S. The van der Waals surface area contributed by atoms with Crippen molar-refractivity contribution in [2.24, 2.45) is 0 Å². The molecule has 19 heavy (non-hydrogen) atoms. The van der Waals surface area contributed by atoms with Crippen LogP contribution in [0.25, 0.3) is 0 Å². The van der Waals surface area contributed by atoms with Crippen LogP contribution < -0.4 is 4.18 Å². The maximum absolute atomic E-state index is 11.7. The summed E-state index contributed by atoms with van der Waals surface area (Å²) < 4.78 is 33.3. The van der Waals surface area contributed by atoms with Crippen molar-refractivity contribution in [1.29, 1.82) is 0 Å². The molecule has 1 aliphatic rings.